The zero-order valence-electron chi connectivity index (χ0n) is 13.9. The van der Waals surface area contributed by atoms with Crippen LogP contribution in [0, 0.1) is 0 Å². The first-order valence-corrected chi connectivity index (χ1v) is 7.84. The van der Waals surface area contributed by atoms with Crippen molar-refractivity contribution in [2.45, 2.75) is 33.2 Å². The van der Waals surface area contributed by atoms with E-state index in [1.165, 1.54) is 11.6 Å². The van der Waals surface area contributed by atoms with Crippen molar-refractivity contribution in [2.75, 3.05) is 19.6 Å². The summed E-state index contributed by atoms with van der Waals surface area (Å²) in [6.07, 6.45) is 3.71. The van der Waals surface area contributed by atoms with E-state index in [1.807, 2.05) is 4.57 Å². The molecule has 0 N–H and O–H groups in total. The van der Waals surface area contributed by atoms with Gasteiger partial charge in [0.05, 0.1) is 6.33 Å². The van der Waals surface area contributed by atoms with Gasteiger partial charge in [0.1, 0.15) is 0 Å². The molecule has 0 atom stereocenters. The smallest absolute Gasteiger partial charge is 0.325 e. The van der Waals surface area contributed by atoms with Gasteiger partial charge in [-0.1, -0.05) is 13.8 Å². The Morgan fingerprint density at radius 1 is 1.09 bits per heavy atom. The summed E-state index contributed by atoms with van der Waals surface area (Å²) in [5.74, 6) is 0. The Labute approximate surface area is 129 Å². The fraction of sp³-hybridized carbons (Fsp3) is 0.667. The molecule has 2 aromatic rings. The molecule has 0 saturated carbocycles. The fourth-order valence-corrected chi connectivity index (χ4v) is 2.72. The lowest BCUT2D eigenvalue weighted by molar-refractivity contribution is 0.294. The van der Waals surface area contributed by atoms with E-state index in [0.717, 1.165) is 43.6 Å². The van der Waals surface area contributed by atoms with E-state index in [-0.39, 0.29) is 11.2 Å². The highest BCUT2D eigenvalue weighted by Gasteiger charge is 2.13. The molecule has 7 nitrogen and oxygen atoms in total. The summed E-state index contributed by atoms with van der Waals surface area (Å²) in [6.45, 7) is 8.26. The maximum Gasteiger partial charge on any atom is 0.332 e. The minimum atomic E-state index is -0.343. The van der Waals surface area contributed by atoms with Gasteiger partial charge in [0.2, 0.25) is 0 Å². The van der Waals surface area contributed by atoms with Gasteiger partial charge >= 0.3 is 5.69 Å². The molecular formula is C15H25N5O2. The number of rotatable bonds is 7. The third kappa shape index (κ3) is 2.99. The molecule has 122 valence electrons. The van der Waals surface area contributed by atoms with Crippen LogP contribution >= 0.6 is 0 Å². The maximum absolute atomic E-state index is 12.3. The van der Waals surface area contributed by atoms with Crippen LogP contribution in [0.5, 0.6) is 0 Å². The summed E-state index contributed by atoms with van der Waals surface area (Å²) in [6, 6.07) is 0. The molecule has 0 amide bonds. The minimum Gasteiger partial charge on any atom is -0.325 e. The van der Waals surface area contributed by atoms with Crippen LogP contribution in [0.15, 0.2) is 15.9 Å². The number of fused-ring (bicyclic) bond motifs is 1. The van der Waals surface area contributed by atoms with Crippen LogP contribution in [-0.2, 0) is 20.6 Å². The lowest BCUT2D eigenvalue weighted by Crippen LogP contribution is -2.37. The van der Waals surface area contributed by atoms with Crippen molar-refractivity contribution >= 4 is 11.2 Å². The van der Waals surface area contributed by atoms with Crippen molar-refractivity contribution in [1.29, 1.82) is 0 Å². The number of imidazole rings is 1. The first-order valence-electron chi connectivity index (χ1n) is 7.84. The zero-order valence-corrected chi connectivity index (χ0v) is 13.9. The Hall–Kier alpha value is -1.89. The topological polar surface area (TPSA) is 65.1 Å². The van der Waals surface area contributed by atoms with E-state index >= 15 is 0 Å². The standard InChI is InChI=1S/C15H25N5O2/c1-5-19(6-2)9-7-8-10-20-11-16-13-12(20)14(21)18(4)15(22)17(13)3/h11H,5-10H2,1-4H3. The summed E-state index contributed by atoms with van der Waals surface area (Å²) in [5, 5.41) is 0. The Morgan fingerprint density at radius 2 is 1.77 bits per heavy atom. The quantitative estimate of drug-likeness (QED) is 0.701. The van der Waals surface area contributed by atoms with E-state index in [0.29, 0.717) is 11.2 Å². The molecule has 2 rings (SSSR count). The van der Waals surface area contributed by atoms with Gasteiger partial charge in [0, 0.05) is 20.6 Å². The minimum absolute atomic E-state index is 0.278. The average molecular weight is 307 g/mol. The number of unbranched alkanes of at least 4 members (excludes halogenated alkanes) is 1. The molecule has 0 radical (unpaired) electrons. The highest BCUT2D eigenvalue weighted by Crippen LogP contribution is 2.07. The van der Waals surface area contributed by atoms with Crippen LogP contribution < -0.4 is 11.2 Å². The molecular weight excluding hydrogens is 282 g/mol. The summed E-state index contributed by atoms with van der Waals surface area (Å²) in [5.41, 5.74) is 0.341. The van der Waals surface area contributed by atoms with Gasteiger partial charge in [-0.3, -0.25) is 13.9 Å². The molecule has 0 spiro atoms. The fourth-order valence-electron chi connectivity index (χ4n) is 2.72. The van der Waals surface area contributed by atoms with E-state index in [1.54, 1.807) is 13.4 Å². The predicted octanol–water partition coefficient (Wildman–Crippen LogP) is 0.556. The van der Waals surface area contributed by atoms with Gasteiger partial charge in [0.15, 0.2) is 11.2 Å². The van der Waals surface area contributed by atoms with E-state index in [2.05, 4.69) is 23.7 Å². The van der Waals surface area contributed by atoms with Gasteiger partial charge in [-0.25, -0.2) is 9.78 Å². The van der Waals surface area contributed by atoms with Gasteiger partial charge in [0.25, 0.3) is 5.56 Å². The van der Waals surface area contributed by atoms with E-state index in [4.69, 9.17) is 0 Å². The molecule has 0 fully saturated rings. The highest BCUT2D eigenvalue weighted by atomic mass is 16.2. The van der Waals surface area contributed by atoms with Crippen LogP contribution in [-0.4, -0.2) is 43.2 Å². The van der Waals surface area contributed by atoms with E-state index in [9.17, 15) is 9.59 Å². The first kappa shape index (κ1) is 16.5. The Kier molecular flexibility index (Phi) is 5.18. The van der Waals surface area contributed by atoms with E-state index < -0.39 is 0 Å². The maximum atomic E-state index is 12.3. The van der Waals surface area contributed by atoms with Crippen molar-refractivity contribution < 1.29 is 0 Å². The van der Waals surface area contributed by atoms with Crippen molar-refractivity contribution in [2.24, 2.45) is 14.1 Å². The van der Waals surface area contributed by atoms with Crippen LogP contribution in [0.2, 0.25) is 0 Å². The lowest BCUT2D eigenvalue weighted by atomic mass is 10.3. The number of aromatic nitrogens is 4. The van der Waals surface area contributed by atoms with Gasteiger partial charge < -0.3 is 9.47 Å². The molecule has 0 aliphatic carbocycles. The first-order chi connectivity index (χ1) is 10.5. The predicted molar refractivity (Wildman–Crippen MR) is 87.2 cm³/mol. The largest absolute Gasteiger partial charge is 0.332 e. The number of aryl methyl sites for hydroxylation is 2. The average Bonchev–Trinajstić information content (AvgIpc) is 2.95. The van der Waals surface area contributed by atoms with Gasteiger partial charge in [-0.05, 0) is 32.5 Å². The Bertz CT molecular complexity index is 752. The summed E-state index contributed by atoms with van der Waals surface area (Å²) >= 11 is 0. The molecule has 0 unspecified atom stereocenters. The number of hydrogen-bond donors (Lipinski definition) is 0. The SMILES string of the molecule is CCN(CC)CCCCn1cnc2c1c(=O)n(C)c(=O)n2C. The van der Waals surface area contributed by atoms with Crippen molar-refractivity contribution in [3.63, 3.8) is 0 Å². The molecule has 0 aliphatic rings. The monoisotopic (exact) mass is 307 g/mol. The zero-order chi connectivity index (χ0) is 16.3. The van der Waals surface area contributed by atoms with Gasteiger partial charge in [-0.2, -0.15) is 0 Å². The Morgan fingerprint density at radius 3 is 2.41 bits per heavy atom. The van der Waals surface area contributed by atoms with Crippen molar-refractivity contribution in [1.82, 2.24) is 23.6 Å². The molecule has 0 aromatic carbocycles. The second-order valence-corrected chi connectivity index (χ2v) is 5.55. The third-order valence-electron chi connectivity index (χ3n) is 4.23. The molecule has 2 heterocycles. The summed E-state index contributed by atoms with van der Waals surface area (Å²) in [7, 11) is 3.14. The van der Waals surface area contributed by atoms with Crippen LogP contribution in [0.25, 0.3) is 11.2 Å². The normalized spacial score (nSPS) is 11.7. The molecule has 0 bridgehead atoms. The second-order valence-electron chi connectivity index (χ2n) is 5.55. The van der Waals surface area contributed by atoms with Crippen LogP contribution in [0.4, 0.5) is 0 Å². The molecule has 2 aromatic heterocycles. The molecule has 0 aliphatic heterocycles. The summed E-state index contributed by atoms with van der Waals surface area (Å²) < 4.78 is 4.42. The van der Waals surface area contributed by atoms with Crippen LogP contribution in [0.3, 0.4) is 0 Å². The molecule has 22 heavy (non-hydrogen) atoms. The Balaban J connectivity index is 2.17. The summed E-state index contributed by atoms with van der Waals surface area (Å²) in [4.78, 5) is 30.8. The number of nitrogens with zero attached hydrogens (tertiary/aromatic N) is 5. The third-order valence-corrected chi connectivity index (χ3v) is 4.23. The van der Waals surface area contributed by atoms with Crippen LogP contribution in [0.1, 0.15) is 26.7 Å². The lowest BCUT2D eigenvalue weighted by Gasteiger charge is -2.17. The van der Waals surface area contributed by atoms with Crippen molar-refractivity contribution in [3.8, 4) is 0 Å². The number of hydrogen-bond acceptors (Lipinski definition) is 4. The molecule has 0 saturated heterocycles. The second kappa shape index (κ2) is 6.91. The van der Waals surface area contributed by atoms with Crippen molar-refractivity contribution in [3.05, 3.63) is 27.2 Å². The van der Waals surface area contributed by atoms with Gasteiger partial charge in [-0.15, -0.1) is 0 Å². The molecule has 7 heteroatoms. The highest BCUT2D eigenvalue weighted by molar-refractivity contribution is 5.69.